The first kappa shape index (κ1) is 26.0. The summed E-state index contributed by atoms with van der Waals surface area (Å²) in [6.45, 7) is 2.85. The molecule has 0 aliphatic heterocycles. The molecule has 0 bridgehead atoms. The average Bonchev–Trinajstić information content (AvgIpc) is 2.43. The number of rotatable bonds is 12. The number of unbranched alkanes of at least 4 members (excludes halogenated alkanes) is 8. The highest BCUT2D eigenvalue weighted by atomic mass is 35.7. The van der Waals surface area contributed by atoms with Gasteiger partial charge in [0.2, 0.25) is 0 Å². The van der Waals surface area contributed by atoms with E-state index < -0.39 is 10.2 Å². The Kier molecular flexibility index (Phi) is 16.2. The van der Waals surface area contributed by atoms with Crippen LogP contribution in [0.5, 0.6) is 0 Å². The highest BCUT2D eigenvalue weighted by Gasteiger charge is 2.24. The molecule has 24 heavy (non-hydrogen) atoms. The number of hydrogen-bond acceptors (Lipinski definition) is 6. The van der Waals surface area contributed by atoms with Crippen molar-refractivity contribution in [3.63, 3.8) is 0 Å². The summed E-state index contributed by atoms with van der Waals surface area (Å²) in [5.41, 5.74) is 0. The Morgan fingerprint density at radius 3 is 1.62 bits per heavy atom. The number of amides is 1. The van der Waals surface area contributed by atoms with E-state index in [2.05, 4.69) is 6.92 Å². The van der Waals surface area contributed by atoms with E-state index in [0.29, 0.717) is 17.4 Å². The van der Waals surface area contributed by atoms with Crippen LogP contribution in [0, 0.1) is 10.2 Å². The Bertz CT molecular complexity index is 301. The number of hydrogen-bond donors (Lipinski definition) is 1. The quantitative estimate of drug-likeness (QED) is 0.337. The maximum Gasteiger partial charge on any atom is 0.313 e. The van der Waals surface area contributed by atoms with Gasteiger partial charge in [-0.15, -0.1) is 10.2 Å². The molecule has 0 unspecified atom stereocenters. The minimum absolute atomic E-state index is 0.0799. The van der Waals surface area contributed by atoms with Gasteiger partial charge in [0.1, 0.15) is 6.54 Å². The van der Waals surface area contributed by atoms with Gasteiger partial charge >= 0.3 is 5.91 Å². The third kappa shape index (κ3) is 21.7. The minimum atomic E-state index is -4.94. The SMILES string of the molecule is CCCCCCCCCCCC(=O)[N+](C)(C)CCO.[O-][Cl+3]([O-])([O-])[O-]. The predicted octanol–water partition coefficient (Wildman–Crippen LogP) is -1.25. The summed E-state index contributed by atoms with van der Waals surface area (Å²) in [4.78, 5) is 11.9. The largest absolute Gasteiger partial charge is 0.390 e. The Morgan fingerprint density at radius 2 is 1.25 bits per heavy atom. The van der Waals surface area contributed by atoms with Gasteiger partial charge in [0, 0.05) is 0 Å². The van der Waals surface area contributed by atoms with Crippen molar-refractivity contribution in [3.8, 4) is 0 Å². The Morgan fingerprint density at radius 1 is 0.875 bits per heavy atom. The second-order valence-corrected chi connectivity index (χ2v) is 7.24. The molecule has 0 spiro atoms. The van der Waals surface area contributed by atoms with Crippen LogP contribution in [0.15, 0.2) is 0 Å². The van der Waals surface area contributed by atoms with Crippen LogP contribution in [0.1, 0.15) is 71.1 Å². The number of aliphatic hydroxyl groups is 1. The fourth-order valence-corrected chi connectivity index (χ4v) is 2.26. The van der Waals surface area contributed by atoms with Crippen molar-refractivity contribution in [2.45, 2.75) is 71.1 Å². The molecule has 0 heterocycles. The number of aliphatic hydroxyl groups excluding tert-OH is 1. The molecular weight excluding hydrogens is 338 g/mol. The van der Waals surface area contributed by atoms with Gasteiger partial charge < -0.3 is 5.11 Å². The number of likely N-dealkylation sites (N-methyl/N-ethyl adjacent to an activating group) is 1. The van der Waals surface area contributed by atoms with Gasteiger partial charge in [-0.05, 0) is 6.42 Å². The lowest BCUT2D eigenvalue weighted by Gasteiger charge is -2.25. The number of carbonyl (C=O) groups excluding carboxylic acids is 1. The monoisotopic (exact) mass is 371 g/mol. The molecule has 146 valence electrons. The van der Waals surface area contributed by atoms with Gasteiger partial charge in [-0.2, -0.15) is 0 Å². The van der Waals surface area contributed by atoms with Crippen LogP contribution in [-0.2, 0) is 4.79 Å². The van der Waals surface area contributed by atoms with Crippen molar-refractivity contribution >= 4 is 5.91 Å². The molecule has 0 saturated carbocycles. The zero-order valence-electron chi connectivity index (χ0n) is 15.3. The first-order valence-corrected chi connectivity index (χ1v) is 9.87. The Hall–Kier alpha value is -0.280. The molecule has 8 heteroatoms. The molecule has 0 rings (SSSR count). The molecule has 0 saturated heterocycles. The standard InChI is InChI=1S/C16H34NO2.ClHO4/c1-4-5-6-7-8-9-10-11-12-13-16(19)17(2,3)14-15-18;2-1(3,4)5/h18H,4-15H2,1-3H3;(H,2,3,4,5)/q+1;/p-1. The van der Waals surface area contributed by atoms with E-state index in [9.17, 15) is 4.79 Å². The highest BCUT2D eigenvalue weighted by Crippen LogP contribution is 2.12. The topological polar surface area (TPSA) is 130 Å². The maximum absolute atomic E-state index is 11.9. The molecule has 0 aliphatic carbocycles. The van der Waals surface area contributed by atoms with E-state index in [-0.39, 0.29) is 12.5 Å². The number of halogens is 1. The van der Waals surface area contributed by atoms with Crippen molar-refractivity contribution in [3.05, 3.63) is 0 Å². The molecule has 7 nitrogen and oxygen atoms in total. The van der Waals surface area contributed by atoms with Crippen molar-refractivity contribution in [1.29, 1.82) is 0 Å². The van der Waals surface area contributed by atoms with Gasteiger partial charge in [-0.25, -0.2) is 23.4 Å². The summed E-state index contributed by atoms with van der Waals surface area (Å²) in [6.07, 6.45) is 12.2. The molecular formula is C16H34ClNO6. The molecule has 0 aliphatic rings. The predicted molar refractivity (Wildman–Crippen MR) is 80.9 cm³/mol. The highest BCUT2D eigenvalue weighted by molar-refractivity contribution is 5.68. The lowest BCUT2D eigenvalue weighted by Crippen LogP contribution is -2.68. The van der Waals surface area contributed by atoms with Crippen molar-refractivity contribution in [1.82, 2.24) is 0 Å². The van der Waals surface area contributed by atoms with Crippen molar-refractivity contribution in [2.24, 2.45) is 0 Å². The molecule has 0 fully saturated rings. The molecule has 1 amide bonds. The van der Waals surface area contributed by atoms with Crippen LogP contribution in [-0.4, -0.2) is 42.7 Å². The first-order valence-electron chi connectivity index (χ1n) is 8.63. The van der Waals surface area contributed by atoms with E-state index >= 15 is 0 Å². The zero-order valence-corrected chi connectivity index (χ0v) is 16.1. The van der Waals surface area contributed by atoms with Crippen molar-refractivity contribution in [2.75, 3.05) is 27.2 Å². The van der Waals surface area contributed by atoms with E-state index in [1.165, 1.54) is 51.4 Å². The van der Waals surface area contributed by atoms with E-state index in [0.717, 1.165) is 6.42 Å². The van der Waals surface area contributed by atoms with Gasteiger partial charge in [-0.1, -0.05) is 58.3 Å². The first-order chi connectivity index (χ1) is 11.0. The maximum atomic E-state index is 11.9. The Balaban J connectivity index is 0. The van der Waals surface area contributed by atoms with E-state index in [4.69, 9.17) is 23.7 Å². The number of quaternary nitrogens is 1. The summed E-state index contributed by atoms with van der Waals surface area (Å²) in [5.74, 6) is 0.247. The normalized spacial score (nSPS) is 11.8. The van der Waals surface area contributed by atoms with Crippen LogP contribution in [0.3, 0.4) is 0 Å². The smallest absolute Gasteiger partial charge is 0.313 e. The Labute approximate surface area is 148 Å². The molecule has 0 aromatic heterocycles. The van der Waals surface area contributed by atoms with Crippen LogP contribution in [0.2, 0.25) is 0 Å². The molecule has 0 aromatic carbocycles. The molecule has 0 atom stereocenters. The molecule has 0 radical (unpaired) electrons. The van der Waals surface area contributed by atoms with E-state index in [1.807, 2.05) is 14.1 Å². The molecule has 1 N–H and O–H groups in total. The van der Waals surface area contributed by atoms with E-state index in [1.54, 1.807) is 0 Å². The van der Waals surface area contributed by atoms with Crippen molar-refractivity contribution < 1.29 is 43.3 Å². The third-order valence-electron chi connectivity index (χ3n) is 3.83. The summed E-state index contributed by atoms with van der Waals surface area (Å²) >= 11 is 0. The third-order valence-corrected chi connectivity index (χ3v) is 3.83. The zero-order chi connectivity index (χ0) is 19.1. The number of carbonyl (C=O) groups is 1. The van der Waals surface area contributed by atoms with Crippen LogP contribution < -0.4 is 18.6 Å². The van der Waals surface area contributed by atoms with Gasteiger partial charge in [0.05, 0.1) is 27.1 Å². The summed E-state index contributed by atoms with van der Waals surface area (Å²) < 4.78 is 34.3. The second-order valence-electron chi connectivity index (χ2n) is 6.48. The fourth-order valence-electron chi connectivity index (χ4n) is 2.26. The fraction of sp³-hybridized carbons (Fsp3) is 0.938. The second kappa shape index (κ2) is 15.0. The lowest BCUT2D eigenvalue weighted by atomic mass is 10.1. The van der Waals surface area contributed by atoms with Gasteiger partial charge in [0.25, 0.3) is 0 Å². The minimum Gasteiger partial charge on any atom is -0.390 e. The summed E-state index contributed by atoms with van der Waals surface area (Å²) in [7, 11) is -1.18. The van der Waals surface area contributed by atoms with Crippen LogP contribution in [0.25, 0.3) is 0 Å². The number of nitrogens with zero attached hydrogens (tertiary/aromatic N) is 1. The lowest BCUT2D eigenvalue weighted by molar-refractivity contribution is -2.00. The van der Waals surface area contributed by atoms with Gasteiger partial charge in [-0.3, -0.25) is 4.48 Å². The summed E-state index contributed by atoms with van der Waals surface area (Å²) in [5, 5.41) is 8.91. The van der Waals surface area contributed by atoms with Gasteiger partial charge in [0.15, 0.2) is 0 Å². The van der Waals surface area contributed by atoms with Crippen LogP contribution >= 0.6 is 0 Å². The van der Waals surface area contributed by atoms with Crippen LogP contribution in [0.4, 0.5) is 0 Å². The summed E-state index contributed by atoms with van der Waals surface area (Å²) in [6, 6.07) is 0. The molecule has 0 aromatic rings. The average molecular weight is 372 g/mol.